The van der Waals surface area contributed by atoms with Crippen molar-refractivity contribution in [1.29, 1.82) is 0 Å². The molecule has 0 amide bonds. The van der Waals surface area contributed by atoms with E-state index in [1.165, 1.54) is 17.5 Å². The van der Waals surface area contributed by atoms with E-state index in [4.69, 9.17) is 4.98 Å². The lowest BCUT2D eigenvalue weighted by molar-refractivity contribution is 0.142. The summed E-state index contributed by atoms with van der Waals surface area (Å²) in [5.74, 6) is 1.76. The summed E-state index contributed by atoms with van der Waals surface area (Å²) in [6.07, 6.45) is 3.41. The molecule has 9 heteroatoms. The predicted molar refractivity (Wildman–Crippen MR) is 99.1 cm³/mol. The third-order valence-electron chi connectivity index (χ3n) is 5.25. The largest absolute Gasteiger partial charge is 0.356 e. The van der Waals surface area contributed by atoms with E-state index in [0.717, 1.165) is 51.0 Å². The molecule has 0 radical (unpaired) electrons. The fourth-order valence-corrected chi connectivity index (χ4v) is 3.82. The summed E-state index contributed by atoms with van der Waals surface area (Å²) in [7, 11) is 1.68. The first kappa shape index (κ1) is 18.1. The Kier molecular flexibility index (Phi) is 5.20. The quantitative estimate of drug-likeness (QED) is 0.795. The molecule has 0 N–H and O–H groups in total. The topological polar surface area (TPSA) is 53.3 Å². The zero-order chi connectivity index (χ0) is 18.8. The number of halogens is 2. The second kappa shape index (κ2) is 7.75. The molecule has 2 aromatic rings. The van der Waals surface area contributed by atoms with Gasteiger partial charge in [0.1, 0.15) is 11.5 Å². The maximum Gasteiger partial charge on any atom is 0.282 e. The van der Waals surface area contributed by atoms with Gasteiger partial charge in [0.05, 0.1) is 0 Å². The Morgan fingerprint density at radius 2 is 1.78 bits per heavy atom. The van der Waals surface area contributed by atoms with Gasteiger partial charge in [-0.2, -0.15) is 10.1 Å². The Morgan fingerprint density at radius 1 is 1.04 bits per heavy atom. The van der Waals surface area contributed by atoms with Gasteiger partial charge in [-0.1, -0.05) is 0 Å². The van der Waals surface area contributed by atoms with Crippen molar-refractivity contribution in [1.82, 2.24) is 24.6 Å². The molecular formula is C18H25F2N7. The van der Waals surface area contributed by atoms with Crippen molar-refractivity contribution in [2.45, 2.75) is 25.8 Å². The van der Waals surface area contributed by atoms with Gasteiger partial charge < -0.3 is 9.80 Å². The van der Waals surface area contributed by atoms with Crippen molar-refractivity contribution < 1.29 is 8.78 Å². The smallest absolute Gasteiger partial charge is 0.282 e. The molecule has 0 aliphatic carbocycles. The molecular weight excluding hydrogens is 352 g/mol. The van der Waals surface area contributed by atoms with Crippen LogP contribution in [0, 0.1) is 0 Å². The number of nitrogens with zero attached hydrogens (tertiary/aromatic N) is 7. The normalized spacial score (nSPS) is 18.7. The van der Waals surface area contributed by atoms with E-state index in [1.54, 1.807) is 13.2 Å². The first-order valence-corrected chi connectivity index (χ1v) is 9.46. The number of hydrogen-bond acceptors (Lipinski definition) is 6. The number of aromatic nitrogens is 4. The molecule has 7 nitrogen and oxygen atoms in total. The Labute approximate surface area is 157 Å². The zero-order valence-electron chi connectivity index (χ0n) is 15.6. The van der Waals surface area contributed by atoms with Crippen LogP contribution in [-0.2, 0) is 13.6 Å². The van der Waals surface area contributed by atoms with E-state index in [1.807, 2.05) is 12.3 Å². The monoisotopic (exact) mass is 377 g/mol. The van der Waals surface area contributed by atoms with Crippen LogP contribution in [-0.4, -0.2) is 63.9 Å². The Morgan fingerprint density at radius 3 is 2.48 bits per heavy atom. The first-order valence-electron chi connectivity index (χ1n) is 9.46. The average molecular weight is 377 g/mol. The van der Waals surface area contributed by atoms with Crippen LogP contribution in [0.15, 0.2) is 18.5 Å². The second-order valence-electron chi connectivity index (χ2n) is 7.19. The van der Waals surface area contributed by atoms with Gasteiger partial charge in [-0.25, -0.2) is 13.8 Å². The predicted octanol–water partition coefficient (Wildman–Crippen LogP) is 2.07. The maximum atomic E-state index is 13.1. The minimum atomic E-state index is -2.54. The minimum Gasteiger partial charge on any atom is -0.356 e. The number of aryl methyl sites for hydroxylation is 1. The highest BCUT2D eigenvalue weighted by atomic mass is 19.3. The lowest BCUT2D eigenvalue weighted by Crippen LogP contribution is -2.46. The van der Waals surface area contributed by atoms with Crippen LogP contribution >= 0.6 is 0 Å². The van der Waals surface area contributed by atoms with Crippen LogP contribution < -0.4 is 9.80 Å². The van der Waals surface area contributed by atoms with Crippen molar-refractivity contribution in [3.05, 3.63) is 29.7 Å². The minimum absolute atomic E-state index is 0.110. The Balaban J connectivity index is 1.37. The van der Waals surface area contributed by atoms with Crippen molar-refractivity contribution in [2.75, 3.05) is 49.1 Å². The van der Waals surface area contributed by atoms with Gasteiger partial charge >= 0.3 is 0 Å². The molecule has 0 aromatic carbocycles. The maximum absolute atomic E-state index is 13.1. The number of hydrogen-bond donors (Lipinski definition) is 0. The molecule has 0 unspecified atom stereocenters. The fraction of sp³-hybridized carbons (Fsp3) is 0.611. The van der Waals surface area contributed by atoms with E-state index in [0.29, 0.717) is 12.1 Å². The molecule has 27 heavy (non-hydrogen) atoms. The molecule has 0 spiro atoms. The third kappa shape index (κ3) is 4.02. The van der Waals surface area contributed by atoms with Gasteiger partial charge in [0.25, 0.3) is 6.43 Å². The van der Waals surface area contributed by atoms with Gasteiger partial charge in [-0.15, -0.1) is 0 Å². The van der Waals surface area contributed by atoms with E-state index in [2.05, 4.69) is 24.8 Å². The Bertz CT molecular complexity index is 765. The molecule has 4 heterocycles. The van der Waals surface area contributed by atoms with Crippen molar-refractivity contribution >= 4 is 11.8 Å². The fourth-order valence-electron chi connectivity index (χ4n) is 3.82. The van der Waals surface area contributed by atoms with Crippen LogP contribution in [0.3, 0.4) is 0 Å². The summed E-state index contributed by atoms with van der Waals surface area (Å²) < 4.78 is 27.7. The summed E-state index contributed by atoms with van der Waals surface area (Å²) in [5.41, 5.74) is 0.495. The third-order valence-corrected chi connectivity index (χ3v) is 5.25. The Hall–Kier alpha value is -2.29. The average Bonchev–Trinajstić information content (AvgIpc) is 3.32. The van der Waals surface area contributed by atoms with E-state index in [9.17, 15) is 8.78 Å². The van der Waals surface area contributed by atoms with E-state index < -0.39 is 6.43 Å². The molecule has 0 saturated carbocycles. The van der Waals surface area contributed by atoms with Crippen LogP contribution in [0.4, 0.5) is 20.5 Å². The SMILES string of the molecule is Cn1cc(CN2CCN(c3nccc(N4CCCC4)n3)CC2)c(C(F)F)n1. The van der Waals surface area contributed by atoms with Gasteiger partial charge in [-0.3, -0.25) is 9.58 Å². The van der Waals surface area contributed by atoms with Crippen molar-refractivity contribution in [3.63, 3.8) is 0 Å². The van der Waals surface area contributed by atoms with Crippen molar-refractivity contribution in [2.24, 2.45) is 7.05 Å². The molecule has 2 aliphatic heterocycles. The lowest BCUT2D eigenvalue weighted by Gasteiger charge is -2.34. The van der Waals surface area contributed by atoms with Crippen LogP contribution in [0.25, 0.3) is 0 Å². The van der Waals surface area contributed by atoms with Gasteiger partial charge in [0, 0.05) is 70.8 Å². The highest BCUT2D eigenvalue weighted by Gasteiger charge is 2.24. The summed E-state index contributed by atoms with van der Waals surface area (Å²) in [4.78, 5) is 15.8. The summed E-state index contributed by atoms with van der Waals surface area (Å²) >= 11 is 0. The number of piperazine rings is 1. The molecule has 2 aliphatic rings. The van der Waals surface area contributed by atoms with Gasteiger partial charge in [0.2, 0.25) is 5.95 Å². The van der Waals surface area contributed by atoms with Crippen molar-refractivity contribution in [3.8, 4) is 0 Å². The van der Waals surface area contributed by atoms with E-state index in [-0.39, 0.29) is 5.69 Å². The zero-order valence-corrected chi connectivity index (χ0v) is 15.6. The highest BCUT2D eigenvalue weighted by Crippen LogP contribution is 2.24. The molecule has 4 rings (SSSR count). The van der Waals surface area contributed by atoms with Gasteiger partial charge in [0.15, 0.2) is 0 Å². The summed E-state index contributed by atoms with van der Waals surface area (Å²) in [6.45, 7) is 5.75. The van der Waals surface area contributed by atoms with E-state index >= 15 is 0 Å². The molecule has 2 saturated heterocycles. The molecule has 0 atom stereocenters. The van der Waals surface area contributed by atoms with Crippen LogP contribution in [0.2, 0.25) is 0 Å². The standard InChI is InChI=1S/C18H25F2N7/c1-24-12-14(16(23-24)17(19)20)13-25-8-10-27(11-9-25)18-21-5-4-15(22-18)26-6-2-3-7-26/h4-5,12,17H,2-3,6-11,13H2,1H3. The summed E-state index contributed by atoms with van der Waals surface area (Å²) in [6, 6.07) is 1.97. The lowest BCUT2D eigenvalue weighted by atomic mass is 10.2. The van der Waals surface area contributed by atoms with Crippen LogP contribution in [0.1, 0.15) is 30.5 Å². The summed E-state index contributed by atoms with van der Waals surface area (Å²) in [5, 5.41) is 3.89. The number of rotatable bonds is 5. The first-order chi connectivity index (χ1) is 13.1. The second-order valence-corrected chi connectivity index (χ2v) is 7.19. The van der Waals surface area contributed by atoms with Gasteiger partial charge in [-0.05, 0) is 18.9 Å². The molecule has 146 valence electrons. The molecule has 0 bridgehead atoms. The number of alkyl halides is 2. The number of anilines is 2. The molecule has 2 aromatic heterocycles. The highest BCUT2D eigenvalue weighted by molar-refractivity contribution is 5.44. The molecule has 2 fully saturated rings. The van der Waals surface area contributed by atoms with Crippen LogP contribution in [0.5, 0.6) is 0 Å².